The van der Waals surface area contributed by atoms with Gasteiger partial charge in [-0.1, -0.05) is 6.07 Å². The third-order valence-electron chi connectivity index (χ3n) is 4.04. The summed E-state index contributed by atoms with van der Waals surface area (Å²) in [4.78, 5) is 12.5. The van der Waals surface area contributed by atoms with Crippen molar-refractivity contribution in [1.82, 2.24) is 14.6 Å². The molecule has 2 heterocycles. The molecule has 0 saturated carbocycles. The summed E-state index contributed by atoms with van der Waals surface area (Å²) in [5.74, 6) is -0.645. The quantitative estimate of drug-likeness (QED) is 0.594. The number of pyridine rings is 1. The largest absolute Gasteiger partial charge is 0.459 e. The molecule has 0 aliphatic carbocycles. The highest BCUT2D eigenvalue weighted by molar-refractivity contribution is 7.93. The first-order valence-electron chi connectivity index (χ1n) is 9.08. The molecular weight excluding hydrogens is 392 g/mol. The third-order valence-corrected chi connectivity index (χ3v) is 5.84. The van der Waals surface area contributed by atoms with Crippen molar-refractivity contribution >= 4 is 27.3 Å². The van der Waals surface area contributed by atoms with E-state index in [0.717, 1.165) is 15.4 Å². The van der Waals surface area contributed by atoms with E-state index in [-0.39, 0.29) is 10.5 Å². The van der Waals surface area contributed by atoms with Gasteiger partial charge in [0.1, 0.15) is 23.4 Å². The summed E-state index contributed by atoms with van der Waals surface area (Å²) in [5, 5.41) is 7.71. The molecule has 0 N–H and O–H groups in total. The van der Waals surface area contributed by atoms with Gasteiger partial charge in [-0.3, -0.25) is 13.5 Å². The highest BCUT2D eigenvalue weighted by Crippen LogP contribution is 2.28. The standard InChI is InChI=1S/C20H24N4O4S/c1-14-9-15(2)11-16(10-14)24(12-18(25)28-20(3,4)5)29(26,27)17-7-6-8-23-13-21-22-19(17)23/h6-11,13H,12H2,1-5H3. The van der Waals surface area contributed by atoms with Crippen molar-refractivity contribution in [3.8, 4) is 0 Å². The van der Waals surface area contributed by atoms with E-state index in [1.165, 1.54) is 16.8 Å². The number of carbonyl (C=O) groups excluding carboxylic acids is 1. The molecule has 1 aromatic carbocycles. The van der Waals surface area contributed by atoms with Gasteiger partial charge >= 0.3 is 5.97 Å². The third kappa shape index (κ3) is 4.56. The molecule has 3 rings (SSSR count). The lowest BCUT2D eigenvalue weighted by Crippen LogP contribution is -2.39. The number of anilines is 1. The molecule has 0 fully saturated rings. The zero-order valence-corrected chi connectivity index (χ0v) is 17.9. The number of rotatable bonds is 5. The molecule has 9 heteroatoms. The van der Waals surface area contributed by atoms with E-state index in [9.17, 15) is 13.2 Å². The summed E-state index contributed by atoms with van der Waals surface area (Å²) >= 11 is 0. The van der Waals surface area contributed by atoms with Crippen molar-refractivity contribution in [3.63, 3.8) is 0 Å². The van der Waals surface area contributed by atoms with Crippen LogP contribution in [0.15, 0.2) is 47.8 Å². The smallest absolute Gasteiger partial charge is 0.327 e. The van der Waals surface area contributed by atoms with Crippen molar-refractivity contribution < 1.29 is 17.9 Å². The van der Waals surface area contributed by atoms with Crippen LogP contribution in [0.1, 0.15) is 31.9 Å². The van der Waals surface area contributed by atoms with E-state index < -0.39 is 28.1 Å². The molecule has 0 radical (unpaired) electrons. The second-order valence-electron chi connectivity index (χ2n) is 7.88. The van der Waals surface area contributed by atoms with Crippen LogP contribution < -0.4 is 4.31 Å². The maximum atomic E-state index is 13.6. The average Bonchev–Trinajstić information content (AvgIpc) is 3.05. The summed E-state index contributed by atoms with van der Waals surface area (Å²) in [5.41, 5.74) is 1.60. The van der Waals surface area contributed by atoms with Crippen LogP contribution in [0.4, 0.5) is 5.69 Å². The van der Waals surface area contributed by atoms with Gasteiger partial charge in [0.15, 0.2) is 5.65 Å². The Balaban J connectivity index is 2.13. The average molecular weight is 417 g/mol. The first kappa shape index (κ1) is 20.8. The molecule has 0 aliphatic rings. The summed E-state index contributed by atoms with van der Waals surface area (Å²) in [6.45, 7) is 8.48. The summed E-state index contributed by atoms with van der Waals surface area (Å²) in [7, 11) is -4.13. The van der Waals surface area contributed by atoms with Gasteiger partial charge in [0, 0.05) is 6.20 Å². The number of nitrogens with zero attached hydrogens (tertiary/aromatic N) is 4. The topological polar surface area (TPSA) is 93.9 Å². The van der Waals surface area contributed by atoms with E-state index in [1.54, 1.807) is 45.2 Å². The van der Waals surface area contributed by atoms with Gasteiger partial charge in [-0.2, -0.15) is 0 Å². The molecule has 3 aromatic rings. The van der Waals surface area contributed by atoms with E-state index in [1.807, 2.05) is 19.9 Å². The van der Waals surface area contributed by atoms with Gasteiger partial charge < -0.3 is 4.74 Å². The molecule has 0 aliphatic heterocycles. The highest BCUT2D eigenvalue weighted by Gasteiger charge is 2.31. The predicted molar refractivity (Wildman–Crippen MR) is 109 cm³/mol. The van der Waals surface area contributed by atoms with Crippen molar-refractivity contribution in [3.05, 3.63) is 54.0 Å². The van der Waals surface area contributed by atoms with Crippen LogP contribution >= 0.6 is 0 Å². The Morgan fingerprint density at radius 3 is 2.45 bits per heavy atom. The van der Waals surface area contributed by atoms with Crippen molar-refractivity contribution in [1.29, 1.82) is 0 Å². The number of ether oxygens (including phenoxy) is 1. The molecule has 0 unspecified atom stereocenters. The zero-order valence-electron chi connectivity index (χ0n) is 17.1. The van der Waals surface area contributed by atoms with E-state index >= 15 is 0 Å². The fourth-order valence-electron chi connectivity index (χ4n) is 3.05. The Kier molecular flexibility index (Phi) is 5.36. The molecular formula is C20H24N4O4S. The normalized spacial score (nSPS) is 12.2. The van der Waals surface area contributed by atoms with E-state index in [0.29, 0.717) is 5.69 Å². The van der Waals surface area contributed by atoms with Crippen molar-refractivity contribution in [2.75, 3.05) is 10.8 Å². The molecule has 0 bridgehead atoms. The highest BCUT2D eigenvalue weighted by atomic mass is 32.2. The Labute approximate surface area is 170 Å². The van der Waals surface area contributed by atoms with Gasteiger partial charge in [-0.15, -0.1) is 10.2 Å². The fraction of sp³-hybridized carbons (Fsp3) is 0.350. The molecule has 2 aromatic heterocycles. The van der Waals surface area contributed by atoms with Crippen LogP contribution in [-0.4, -0.2) is 41.1 Å². The Morgan fingerprint density at radius 1 is 1.17 bits per heavy atom. The Bertz CT molecular complexity index is 1140. The number of esters is 1. The first-order valence-corrected chi connectivity index (χ1v) is 10.5. The maximum Gasteiger partial charge on any atom is 0.327 e. The van der Waals surface area contributed by atoms with Crippen molar-refractivity contribution in [2.24, 2.45) is 0 Å². The zero-order chi connectivity index (χ0) is 21.4. The SMILES string of the molecule is Cc1cc(C)cc(N(CC(=O)OC(C)(C)C)S(=O)(=O)c2cccn3cnnc23)c1. The molecule has 0 amide bonds. The lowest BCUT2D eigenvalue weighted by molar-refractivity contribution is -0.152. The van der Waals surface area contributed by atoms with Crippen LogP contribution in [0, 0.1) is 13.8 Å². The number of aryl methyl sites for hydroxylation is 2. The predicted octanol–water partition coefficient (Wildman–Crippen LogP) is 2.88. The van der Waals surface area contributed by atoms with Crippen LogP contribution in [0.3, 0.4) is 0 Å². The molecule has 29 heavy (non-hydrogen) atoms. The molecule has 0 atom stereocenters. The second-order valence-corrected chi connectivity index (χ2v) is 9.71. The Morgan fingerprint density at radius 2 is 1.83 bits per heavy atom. The number of hydrogen-bond acceptors (Lipinski definition) is 6. The maximum absolute atomic E-state index is 13.6. The number of sulfonamides is 1. The lowest BCUT2D eigenvalue weighted by Gasteiger charge is -2.27. The molecule has 8 nitrogen and oxygen atoms in total. The van der Waals surface area contributed by atoms with Gasteiger partial charge in [-0.05, 0) is 70.0 Å². The first-order chi connectivity index (χ1) is 13.5. The van der Waals surface area contributed by atoms with Crippen LogP contribution in [0.2, 0.25) is 0 Å². The van der Waals surface area contributed by atoms with Crippen LogP contribution in [-0.2, 0) is 19.6 Å². The minimum Gasteiger partial charge on any atom is -0.459 e. The Hall–Kier alpha value is -2.94. The minimum absolute atomic E-state index is 0.0415. The summed E-state index contributed by atoms with van der Waals surface area (Å²) < 4.78 is 35.2. The van der Waals surface area contributed by atoms with Crippen molar-refractivity contribution in [2.45, 2.75) is 45.1 Å². The van der Waals surface area contributed by atoms with Gasteiger partial charge in [-0.25, -0.2) is 8.42 Å². The van der Waals surface area contributed by atoms with E-state index in [2.05, 4.69) is 10.2 Å². The molecule has 0 spiro atoms. The van der Waals surface area contributed by atoms with Gasteiger partial charge in [0.2, 0.25) is 0 Å². The summed E-state index contributed by atoms with van der Waals surface area (Å²) in [6.07, 6.45) is 3.08. The number of aromatic nitrogens is 3. The number of carbonyl (C=O) groups is 1. The summed E-state index contributed by atoms with van der Waals surface area (Å²) in [6, 6.07) is 8.42. The van der Waals surface area contributed by atoms with Gasteiger partial charge in [0.05, 0.1) is 5.69 Å². The lowest BCUT2D eigenvalue weighted by atomic mass is 10.1. The second kappa shape index (κ2) is 7.47. The molecule has 154 valence electrons. The number of hydrogen-bond donors (Lipinski definition) is 0. The van der Waals surface area contributed by atoms with E-state index in [4.69, 9.17) is 4.74 Å². The number of benzene rings is 1. The monoisotopic (exact) mass is 416 g/mol. The van der Waals surface area contributed by atoms with Crippen LogP contribution in [0.25, 0.3) is 5.65 Å². The number of fused-ring (bicyclic) bond motifs is 1. The fourth-order valence-corrected chi connectivity index (χ4v) is 4.57. The van der Waals surface area contributed by atoms with Gasteiger partial charge in [0.25, 0.3) is 10.0 Å². The molecule has 0 saturated heterocycles. The minimum atomic E-state index is -4.13. The van der Waals surface area contributed by atoms with Crippen LogP contribution in [0.5, 0.6) is 0 Å².